The van der Waals surface area contributed by atoms with Crippen molar-refractivity contribution in [2.75, 3.05) is 6.61 Å². The molecule has 2 aliphatic rings. The zero-order valence-corrected chi connectivity index (χ0v) is 9.17. The van der Waals surface area contributed by atoms with E-state index in [0.717, 1.165) is 19.4 Å². The third kappa shape index (κ3) is 2.29. The first-order chi connectivity index (χ1) is 6.70. The fourth-order valence-electron chi connectivity index (χ4n) is 3.18. The summed E-state index contributed by atoms with van der Waals surface area (Å²) < 4.78 is 5.96. The van der Waals surface area contributed by atoms with Crippen molar-refractivity contribution in [1.29, 1.82) is 0 Å². The van der Waals surface area contributed by atoms with Gasteiger partial charge in [-0.15, -0.1) is 0 Å². The molecular formula is C12H22O2. The minimum absolute atomic E-state index is 0.142. The van der Waals surface area contributed by atoms with Crippen molar-refractivity contribution in [2.24, 2.45) is 5.92 Å². The van der Waals surface area contributed by atoms with E-state index in [-0.39, 0.29) is 11.7 Å². The Kier molecular flexibility index (Phi) is 3.13. The van der Waals surface area contributed by atoms with Crippen molar-refractivity contribution in [1.82, 2.24) is 0 Å². The van der Waals surface area contributed by atoms with Gasteiger partial charge in [-0.25, -0.2) is 0 Å². The van der Waals surface area contributed by atoms with Gasteiger partial charge in [0.05, 0.1) is 11.7 Å². The van der Waals surface area contributed by atoms with Crippen LogP contribution >= 0.6 is 0 Å². The zero-order chi connectivity index (χ0) is 10.0. The van der Waals surface area contributed by atoms with Gasteiger partial charge >= 0.3 is 0 Å². The van der Waals surface area contributed by atoms with Crippen LogP contribution in [0.15, 0.2) is 0 Å². The topological polar surface area (TPSA) is 29.5 Å². The molecule has 0 bridgehead atoms. The molecule has 1 saturated heterocycles. The van der Waals surface area contributed by atoms with E-state index in [1.165, 1.54) is 32.1 Å². The molecule has 1 saturated carbocycles. The summed E-state index contributed by atoms with van der Waals surface area (Å²) in [5.41, 5.74) is 0.220. The molecule has 2 nitrogen and oxygen atoms in total. The summed E-state index contributed by atoms with van der Waals surface area (Å²) in [6.07, 6.45) is 8.34. The number of ether oxygens (including phenoxy) is 1. The van der Waals surface area contributed by atoms with Gasteiger partial charge in [0.1, 0.15) is 0 Å². The van der Waals surface area contributed by atoms with Crippen molar-refractivity contribution in [3.8, 4) is 0 Å². The molecule has 1 aliphatic carbocycles. The Labute approximate surface area is 86.6 Å². The molecule has 14 heavy (non-hydrogen) atoms. The maximum absolute atomic E-state index is 9.40. The molecule has 2 rings (SSSR count). The molecule has 0 aromatic carbocycles. The fraction of sp³-hybridized carbons (Fsp3) is 1.00. The van der Waals surface area contributed by atoms with E-state index in [1.807, 2.05) is 6.92 Å². The lowest BCUT2D eigenvalue weighted by molar-refractivity contribution is -0.0974. The summed E-state index contributed by atoms with van der Waals surface area (Å²) in [5, 5.41) is 9.40. The van der Waals surface area contributed by atoms with Gasteiger partial charge in [-0.3, -0.25) is 0 Å². The van der Waals surface area contributed by atoms with Crippen LogP contribution in [-0.4, -0.2) is 23.4 Å². The average Bonchev–Trinajstić information content (AvgIpc) is 2.52. The van der Waals surface area contributed by atoms with Crippen LogP contribution in [0.4, 0.5) is 0 Å². The molecular weight excluding hydrogens is 176 g/mol. The second-order valence-corrected chi connectivity index (χ2v) is 5.18. The molecule has 0 amide bonds. The second kappa shape index (κ2) is 4.19. The van der Waals surface area contributed by atoms with Crippen LogP contribution in [-0.2, 0) is 4.74 Å². The predicted octanol–water partition coefficient (Wildman–Crippen LogP) is 2.50. The first-order valence-corrected chi connectivity index (χ1v) is 6.02. The first kappa shape index (κ1) is 10.4. The van der Waals surface area contributed by atoms with Gasteiger partial charge < -0.3 is 9.84 Å². The van der Waals surface area contributed by atoms with Crippen LogP contribution in [0.5, 0.6) is 0 Å². The molecule has 82 valence electrons. The smallest absolute Gasteiger partial charge is 0.0685 e. The zero-order valence-electron chi connectivity index (χ0n) is 9.17. The molecule has 1 N–H and O–H groups in total. The Morgan fingerprint density at radius 1 is 1.43 bits per heavy atom. The Hall–Kier alpha value is -0.0800. The van der Waals surface area contributed by atoms with Crippen molar-refractivity contribution >= 4 is 0 Å². The SMILES string of the molecule is CC(O)CC1CCOC2(CCCC2)C1. The molecule has 2 fully saturated rings. The molecule has 1 heterocycles. The Bertz CT molecular complexity index is 183. The minimum atomic E-state index is -0.142. The summed E-state index contributed by atoms with van der Waals surface area (Å²) >= 11 is 0. The first-order valence-electron chi connectivity index (χ1n) is 6.02. The van der Waals surface area contributed by atoms with Crippen LogP contribution in [0, 0.1) is 5.92 Å². The molecule has 1 aliphatic heterocycles. The maximum atomic E-state index is 9.40. The molecule has 1 spiro atoms. The minimum Gasteiger partial charge on any atom is -0.393 e. The Balaban J connectivity index is 1.90. The van der Waals surface area contributed by atoms with E-state index in [0.29, 0.717) is 5.92 Å². The van der Waals surface area contributed by atoms with Gasteiger partial charge in [0.2, 0.25) is 0 Å². The fourth-order valence-corrected chi connectivity index (χ4v) is 3.18. The monoisotopic (exact) mass is 198 g/mol. The third-order valence-corrected chi connectivity index (χ3v) is 3.78. The summed E-state index contributed by atoms with van der Waals surface area (Å²) in [6, 6.07) is 0. The predicted molar refractivity (Wildman–Crippen MR) is 56.2 cm³/mol. The second-order valence-electron chi connectivity index (χ2n) is 5.18. The Morgan fingerprint density at radius 2 is 2.14 bits per heavy atom. The van der Waals surface area contributed by atoms with Crippen molar-refractivity contribution in [2.45, 2.75) is 63.6 Å². The number of hydrogen-bond donors (Lipinski definition) is 1. The lowest BCUT2D eigenvalue weighted by Gasteiger charge is -2.38. The van der Waals surface area contributed by atoms with Gasteiger partial charge in [-0.05, 0) is 44.9 Å². The summed E-state index contributed by atoms with van der Waals surface area (Å²) in [7, 11) is 0. The van der Waals surface area contributed by atoms with E-state index >= 15 is 0 Å². The summed E-state index contributed by atoms with van der Waals surface area (Å²) in [5.74, 6) is 0.696. The van der Waals surface area contributed by atoms with Crippen LogP contribution in [0.25, 0.3) is 0 Å². The summed E-state index contributed by atoms with van der Waals surface area (Å²) in [6.45, 7) is 2.81. The highest BCUT2D eigenvalue weighted by Crippen LogP contribution is 2.42. The third-order valence-electron chi connectivity index (χ3n) is 3.78. The molecule has 2 unspecified atom stereocenters. The van der Waals surface area contributed by atoms with E-state index < -0.39 is 0 Å². The van der Waals surface area contributed by atoms with Gasteiger partial charge in [0.25, 0.3) is 0 Å². The largest absolute Gasteiger partial charge is 0.393 e. The number of aliphatic hydroxyl groups is 1. The Morgan fingerprint density at radius 3 is 2.79 bits per heavy atom. The van der Waals surface area contributed by atoms with Gasteiger partial charge in [-0.1, -0.05) is 12.8 Å². The van der Waals surface area contributed by atoms with E-state index in [1.54, 1.807) is 0 Å². The van der Waals surface area contributed by atoms with Gasteiger partial charge in [0, 0.05) is 6.61 Å². The van der Waals surface area contributed by atoms with Crippen LogP contribution in [0.2, 0.25) is 0 Å². The number of hydrogen-bond acceptors (Lipinski definition) is 2. The highest BCUT2D eigenvalue weighted by atomic mass is 16.5. The van der Waals surface area contributed by atoms with Gasteiger partial charge in [0.15, 0.2) is 0 Å². The van der Waals surface area contributed by atoms with Crippen LogP contribution in [0.1, 0.15) is 51.9 Å². The lowest BCUT2D eigenvalue weighted by Crippen LogP contribution is -2.38. The van der Waals surface area contributed by atoms with Crippen LogP contribution < -0.4 is 0 Å². The van der Waals surface area contributed by atoms with Gasteiger partial charge in [-0.2, -0.15) is 0 Å². The number of rotatable bonds is 2. The summed E-state index contributed by atoms with van der Waals surface area (Å²) in [4.78, 5) is 0. The van der Waals surface area contributed by atoms with E-state index in [2.05, 4.69) is 0 Å². The normalized spacial score (nSPS) is 33.4. The standard InChI is InChI=1S/C12H22O2/c1-10(13)8-11-4-7-14-12(9-11)5-2-3-6-12/h10-11,13H,2-9H2,1H3. The lowest BCUT2D eigenvalue weighted by atomic mass is 9.82. The molecule has 2 heteroatoms. The molecule has 0 aromatic heterocycles. The van der Waals surface area contributed by atoms with Crippen LogP contribution in [0.3, 0.4) is 0 Å². The molecule has 2 atom stereocenters. The highest BCUT2D eigenvalue weighted by Gasteiger charge is 2.39. The van der Waals surface area contributed by atoms with Crippen molar-refractivity contribution in [3.05, 3.63) is 0 Å². The molecule has 0 aromatic rings. The van der Waals surface area contributed by atoms with E-state index in [4.69, 9.17) is 4.74 Å². The maximum Gasteiger partial charge on any atom is 0.0685 e. The number of aliphatic hydroxyl groups excluding tert-OH is 1. The van der Waals surface area contributed by atoms with Crippen molar-refractivity contribution in [3.63, 3.8) is 0 Å². The average molecular weight is 198 g/mol. The highest BCUT2D eigenvalue weighted by molar-refractivity contribution is 4.91. The van der Waals surface area contributed by atoms with E-state index in [9.17, 15) is 5.11 Å². The quantitative estimate of drug-likeness (QED) is 0.738. The van der Waals surface area contributed by atoms with Crippen molar-refractivity contribution < 1.29 is 9.84 Å². The molecule has 0 radical (unpaired) electrons.